The second-order valence-electron chi connectivity index (χ2n) is 8.25. The van der Waals surface area contributed by atoms with Crippen molar-refractivity contribution in [1.29, 1.82) is 0 Å². The van der Waals surface area contributed by atoms with Gasteiger partial charge < -0.3 is 14.9 Å². The minimum absolute atomic E-state index is 0.0134. The molecule has 35 heavy (non-hydrogen) atoms. The maximum atomic E-state index is 13.4. The average molecular weight is 499 g/mol. The van der Waals surface area contributed by atoms with Gasteiger partial charge in [-0.25, -0.2) is 18.3 Å². The lowest BCUT2D eigenvalue weighted by atomic mass is 9.96. The van der Waals surface area contributed by atoms with Crippen molar-refractivity contribution in [3.8, 4) is 28.6 Å². The van der Waals surface area contributed by atoms with Gasteiger partial charge in [0.2, 0.25) is 10.0 Å². The molecule has 2 unspecified atom stereocenters. The quantitative estimate of drug-likeness (QED) is 0.455. The summed E-state index contributed by atoms with van der Waals surface area (Å²) < 4.78 is 34.6. The Bertz CT molecular complexity index is 1470. The van der Waals surface area contributed by atoms with Crippen LogP contribution in [0.2, 0.25) is 0 Å². The van der Waals surface area contributed by atoms with E-state index < -0.39 is 38.1 Å². The highest BCUT2D eigenvalue weighted by Gasteiger charge is 2.30. The van der Waals surface area contributed by atoms with E-state index in [-0.39, 0.29) is 23.9 Å². The van der Waals surface area contributed by atoms with Crippen molar-refractivity contribution in [2.24, 2.45) is 5.92 Å². The zero-order valence-electron chi connectivity index (χ0n) is 19.4. The Morgan fingerprint density at radius 3 is 2.57 bits per heavy atom. The highest BCUT2D eigenvalue weighted by Crippen LogP contribution is 2.38. The van der Waals surface area contributed by atoms with E-state index in [1.807, 2.05) is 25.2 Å². The first-order chi connectivity index (χ1) is 16.6. The molecule has 1 aliphatic carbocycles. The van der Waals surface area contributed by atoms with Gasteiger partial charge in [0.25, 0.3) is 0 Å². The van der Waals surface area contributed by atoms with Crippen molar-refractivity contribution in [1.82, 2.24) is 19.1 Å². The van der Waals surface area contributed by atoms with E-state index >= 15 is 0 Å². The first-order valence-electron chi connectivity index (χ1n) is 10.8. The second kappa shape index (κ2) is 9.43. The van der Waals surface area contributed by atoms with Crippen LogP contribution >= 0.6 is 0 Å². The van der Waals surface area contributed by atoms with Crippen LogP contribution in [0.1, 0.15) is 18.5 Å². The summed E-state index contributed by atoms with van der Waals surface area (Å²) in [6.07, 6.45) is 7.41. The highest BCUT2D eigenvalue weighted by molar-refractivity contribution is 7.89. The number of phenolic OH excluding ortho intramolecular Hbond substituents is 2. The third kappa shape index (κ3) is 4.47. The van der Waals surface area contributed by atoms with E-state index in [9.17, 15) is 23.4 Å². The third-order valence-electron chi connectivity index (χ3n) is 5.97. The molecule has 0 bridgehead atoms. The lowest BCUT2D eigenvalue weighted by molar-refractivity contribution is 0.396. The lowest BCUT2D eigenvalue weighted by Gasteiger charge is -2.23. The Morgan fingerprint density at radius 1 is 1.14 bits per heavy atom. The summed E-state index contributed by atoms with van der Waals surface area (Å²) in [4.78, 5) is 12.2. The molecule has 0 saturated carbocycles. The number of phenols is 2. The number of rotatable bonds is 7. The Hall–Kier alpha value is -3.83. The number of hydrogen-bond acceptors (Lipinski definition) is 7. The number of allylic oxidation sites excluding steroid dienone is 4. The van der Waals surface area contributed by atoms with Gasteiger partial charge in [-0.1, -0.05) is 49.4 Å². The van der Waals surface area contributed by atoms with E-state index in [2.05, 4.69) is 10.2 Å². The number of methoxy groups -OCH3 is 1. The van der Waals surface area contributed by atoms with Crippen LogP contribution in [0.15, 0.2) is 70.4 Å². The van der Waals surface area contributed by atoms with Gasteiger partial charge in [-0.3, -0.25) is 4.57 Å². The molecule has 0 aliphatic heterocycles. The van der Waals surface area contributed by atoms with Crippen LogP contribution in [-0.4, -0.2) is 51.9 Å². The largest absolute Gasteiger partial charge is 0.507 e. The van der Waals surface area contributed by atoms with E-state index in [1.54, 1.807) is 30.3 Å². The summed E-state index contributed by atoms with van der Waals surface area (Å²) in [5.74, 6) is -0.528. The summed E-state index contributed by atoms with van der Waals surface area (Å²) in [6, 6.07) is 8.65. The Kier molecular flexibility index (Phi) is 6.55. The molecule has 2 aromatic carbocycles. The molecular weight excluding hydrogens is 472 g/mol. The standard InChI is InChI=1S/C24H26N4O6S/c1-15-8-4-6-10-18(15)28-23(25-26-24(28)31)17-12-22(20(30)13-19(17)29)35(32,33)27(2)14-16-9-5-7-11-21(16)34-3/h4-13,15,18,29-30H,14H2,1-3H3,(H,26,31). The smallest absolute Gasteiger partial charge is 0.344 e. The fourth-order valence-corrected chi connectivity index (χ4v) is 5.30. The monoisotopic (exact) mass is 498 g/mol. The first kappa shape index (κ1) is 24.3. The van der Waals surface area contributed by atoms with Crippen LogP contribution in [0, 0.1) is 5.92 Å². The predicted molar refractivity (Wildman–Crippen MR) is 130 cm³/mol. The molecule has 3 aromatic rings. The molecule has 0 spiro atoms. The minimum Gasteiger partial charge on any atom is -0.507 e. The van der Waals surface area contributed by atoms with Gasteiger partial charge in [0.1, 0.15) is 22.1 Å². The lowest BCUT2D eigenvalue weighted by Crippen LogP contribution is -2.27. The van der Waals surface area contributed by atoms with E-state index in [0.717, 1.165) is 16.4 Å². The van der Waals surface area contributed by atoms with Crippen molar-refractivity contribution in [2.75, 3.05) is 14.2 Å². The fraction of sp³-hybridized carbons (Fsp3) is 0.250. The van der Waals surface area contributed by atoms with Gasteiger partial charge in [-0.2, -0.15) is 9.40 Å². The Labute approximate surface area is 202 Å². The molecule has 3 N–H and O–H groups in total. The number of para-hydroxylation sites is 1. The van der Waals surface area contributed by atoms with Gasteiger partial charge in [0.15, 0.2) is 5.82 Å². The zero-order valence-corrected chi connectivity index (χ0v) is 20.2. The number of benzene rings is 2. The van der Waals surface area contributed by atoms with Crippen molar-refractivity contribution in [3.63, 3.8) is 0 Å². The van der Waals surface area contributed by atoms with Crippen LogP contribution in [0.25, 0.3) is 11.4 Å². The van der Waals surface area contributed by atoms with Crippen LogP contribution in [0.4, 0.5) is 0 Å². The zero-order chi connectivity index (χ0) is 25.3. The normalized spacial score (nSPS) is 17.7. The van der Waals surface area contributed by atoms with Crippen molar-refractivity contribution in [3.05, 3.63) is 76.8 Å². The molecule has 11 heteroatoms. The first-order valence-corrected chi connectivity index (χ1v) is 12.3. The highest BCUT2D eigenvalue weighted by atomic mass is 32.2. The number of sulfonamides is 1. The van der Waals surface area contributed by atoms with E-state index in [0.29, 0.717) is 11.3 Å². The molecule has 0 amide bonds. The minimum atomic E-state index is -4.22. The number of ether oxygens (including phenoxy) is 1. The van der Waals surface area contributed by atoms with Crippen LogP contribution in [-0.2, 0) is 16.6 Å². The number of nitrogens with one attached hydrogen (secondary N) is 1. The average Bonchev–Trinajstić information content (AvgIpc) is 3.20. The molecule has 4 rings (SSSR count). The van der Waals surface area contributed by atoms with E-state index in [1.165, 1.54) is 18.7 Å². The van der Waals surface area contributed by atoms with Crippen molar-refractivity contribution in [2.45, 2.75) is 24.4 Å². The molecule has 1 heterocycles. The number of aromatic nitrogens is 3. The van der Waals surface area contributed by atoms with Gasteiger partial charge in [0.05, 0.1) is 18.7 Å². The molecule has 2 atom stereocenters. The Balaban J connectivity index is 1.78. The molecular formula is C24H26N4O6S. The number of H-pyrrole nitrogens is 1. The van der Waals surface area contributed by atoms with Crippen LogP contribution in [0.5, 0.6) is 17.2 Å². The predicted octanol–water partition coefficient (Wildman–Crippen LogP) is 2.78. The SMILES string of the molecule is COc1ccccc1CN(C)S(=O)(=O)c1cc(-c2n[nH]c(=O)n2C2C=CC=CC2C)c(O)cc1O. The summed E-state index contributed by atoms with van der Waals surface area (Å²) in [7, 11) is -1.35. The number of aromatic amines is 1. The van der Waals surface area contributed by atoms with Crippen LogP contribution < -0.4 is 10.4 Å². The summed E-state index contributed by atoms with van der Waals surface area (Å²) in [6.45, 7) is 1.90. The maximum Gasteiger partial charge on any atom is 0.344 e. The second-order valence-corrected chi connectivity index (χ2v) is 10.3. The van der Waals surface area contributed by atoms with Gasteiger partial charge in [-0.15, -0.1) is 0 Å². The molecule has 0 saturated heterocycles. The van der Waals surface area contributed by atoms with Crippen molar-refractivity contribution < 1.29 is 23.4 Å². The molecule has 1 aliphatic rings. The third-order valence-corrected chi connectivity index (χ3v) is 7.80. The maximum absolute atomic E-state index is 13.4. The molecule has 1 aromatic heterocycles. The van der Waals surface area contributed by atoms with Gasteiger partial charge in [-0.05, 0) is 18.1 Å². The molecule has 10 nitrogen and oxygen atoms in total. The van der Waals surface area contributed by atoms with E-state index in [4.69, 9.17) is 4.74 Å². The Morgan fingerprint density at radius 2 is 1.86 bits per heavy atom. The molecule has 0 radical (unpaired) electrons. The topological polar surface area (TPSA) is 138 Å². The number of hydrogen-bond donors (Lipinski definition) is 3. The fourth-order valence-electron chi connectivity index (χ4n) is 4.07. The summed E-state index contributed by atoms with van der Waals surface area (Å²) in [5.41, 5.74) is 0.106. The number of aromatic hydroxyl groups is 2. The van der Waals surface area contributed by atoms with Gasteiger partial charge in [0, 0.05) is 25.2 Å². The van der Waals surface area contributed by atoms with Crippen molar-refractivity contribution >= 4 is 10.0 Å². The van der Waals surface area contributed by atoms with Crippen LogP contribution in [0.3, 0.4) is 0 Å². The number of nitrogens with zero attached hydrogens (tertiary/aromatic N) is 3. The van der Waals surface area contributed by atoms with Gasteiger partial charge >= 0.3 is 5.69 Å². The molecule has 184 valence electrons. The summed E-state index contributed by atoms with van der Waals surface area (Å²) in [5, 5.41) is 27.5. The summed E-state index contributed by atoms with van der Waals surface area (Å²) >= 11 is 0. The molecule has 0 fully saturated rings.